The van der Waals surface area contributed by atoms with E-state index in [9.17, 15) is 18.0 Å². The van der Waals surface area contributed by atoms with Crippen molar-refractivity contribution in [3.8, 4) is 11.1 Å². The maximum Gasteiger partial charge on any atom is 0.273 e. The Bertz CT molecular complexity index is 1540. The first-order valence-corrected chi connectivity index (χ1v) is 16.8. The van der Waals surface area contributed by atoms with E-state index in [0.717, 1.165) is 49.0 Å². The van der Waals surface area contributed by atoms with E-state index in [1.54, 1.807) is 24.3 Å². The van der Waals surface area contributed by atoms with Gasteiger partial charge in [0.05, 0.1) is 17.2 Å². The number of carbonyl (C=O) groups is 2. The van der Waals surface area contributed by atoms with Gasteiger partial charge in [-0.1, -0.05) is 31.2 Å². The van der Waals surface area contributed by atoms with Crippen molar-refractivity contribution in [1.29, 1.82) is 0 Å². The van der Waals surface area contributed by atoms with Gasteiger partial charge in [-0.2, -0.15) is 4.31 Å². The summed E-state index contributed by atoms with van der Waals surface area (Å²) in [5.74, 6) is 0.267. The number of nitrogens with zero attached hydrogens (tertiary/aromatic N) is 3. The summed E-state index contributed by atoms with van der Waals surface area (Å²) in [7, 11) is -3.69. The third-order valence-corrected chi connectivity index (χ3v) is 10.0. The number of fused-ring (bicyclic) bond motifs is 1. The molecule has 2 fully saturated rings. The molecule has 2 saturated heterocycles. The van der Waals surface area contributed by atoms with E-state index >= 15 is 0 Å². The topological polar surface area (TPSA) is 146 Å². The van der Waals surface area contributed by atoms with Gasteiger partial charge in [0.25, 0.3) is 5.91 Å². The molecule has 3 heterocycles. The number of aliphatic imine (C=N–C) groups is 1. The van der Waals surface area contributed by atoms with Crippen LogP contribution in [0.3, 0.4) is 0 Å². The number of hydroxylamine groups is 2. The minimum atomic E-state index is -3.69. The first-order chi connectivity index (χ1) is 21.2. The van der Waals surface area contributed by atoms with E-state index in [0.29, 0.717) is 49.9 Å². The van der Waals surface area contributed by atoms with Crippen LogP contribution in [-0.4, -0.2) is 81.3 Å². The molecule has 12 heteroatoms. The largest absolute Gasteiger partial charge is 0.387 e. The molecule has 0 radical (unpaired) electrons. The Morgan fingerprint density at radius 1 is 1.11 bits per heavy atom. The molecule has 4 N–H and O–H groups in total. The van der Waals surface area contributed by atoms with Crippen molar-refractivity contribution in [1.82, 2.24) is 20.0 Å². The number of amidine groups is 1. The van der Waals surface area contributed by atoms with Crippen molar-refractivity contribution in [2.45, 2.75) is 44.4 Å². The van der Waals surface area contributed by atoms with E-state index < -0.39 is 10.0 Å². The van der Waals surface area contributed by atoms with Gasteiger partial charge < -0.3 is 16.4 Å². The maximum atomic E-state index is 13.4. The van der Waals surface area contributed by atoms with Crippen LogP contribution >= 0.6 is 0 Å². The number of piperidine rings is 1. The number of nitrogens with one attached hydrogen (secondary N) is 2. The second-order valence-electron chi connectivity index (χ2n) is 11.5. The molecule has 2 amide bonds. The van der Waals surface area contributed by atoms with E-state index in [4.69, 9.17) is 10.6 Å². The second kappa shape index (κ2) is 14.0. The van der Waals surface area contributed by atoms with Crippen LogP contribution in [0.15, 0.2) is 57.9 Å². The van der Waals surface area contributed by atoms with Crippen molar-refractivity contribution >= 4 is 39.4 Å². The van der Waals surface area contributed by atoms with Gasteiger partial charge >= 0.3 is 0 Å². The first-order valence-electron chi connectivity index (χ1n) is 15.4. The Balaban J connectivity index is 1.27. The summed E-state index contributed by atoms with van der Waals surface area (Å²) < 4.78 is 28.3. The highest BCUT2D eigenvalue weighted by Crippen LogP contribution is 2.34. The molecule has 0 saturated carbocycles. The number of sulfonamides is 1. The van der Waals surface area contributed by atoms with E-state index in [-0.39, 0.29) is 35.0 Å². The molecule has 3 aliphatic heterocycles. The van der Waals surface area contributed by atoms with Crippen LogP contribution in [0.25, 0.3) is 17.2 Å². The van der Waals surface area contributed by atoms with Gasteiger partial charge in [0, 0.05) is 55.6 Å². The number of benzene rings is 2. The maximum absolute atomic E-state index is 13.4. The highest BCUT2D eigenvalue weighted by atomic mass is 32.2. The second-order valence-corrected chi connectivity index (χ2v) is 13.5. The Morgan fingerprint density at radius 3 is 2.59 bits per heavy atom. The van der Waals surface area contributed by atoms with Crippen LogP contribution in [0.4, 0.5) is 5.69 Å². The molecular weight excluding hydrogens is 580 g/mol. The smallest absolute Gasteiger partial charge is 0.273 e. The minimum Gasteiger partial charge on any atom is -0.387 e. The van der Waals surface area contributed by atoms with E-state index in [2.05, 4.69) is 15.6 Å². The fraction of sp³-hybridized carbons (Fsp3) is 0.469. The molecule has 0 atom stereocenters. The zero-order valence-corrected chi connectivity index (χ0v) is 26.2. The van der Waals surface area contributed by atoms with Gasteiger partial charge in [-0.05, 0) is 74.7 Å². The van der Waals surface area contributed by atoms with Crippen molar-refractivity contribution < 1.29 is 22.8 Å². The highest BCUT2D eigenvalue weighted by molar-refractivity contribution is 7.89. The lowest BCUT2D eigenvalue weighted by molar-refractivity contribution is -0.180. The molecule has 0 spiro atoms. The summed E-state index contributed by atoms with van der Waals surface area (Å²) >= 11 is 0. The van der Waals surface area contributed by atoms with Gasteiger partial charge in [-0.15, -0.1) is 0 Å². The summed E-state index contributed by atoms with van der Waals surface area (Å²) in [6.07, 6.45) is 4.42. The molecule has 11 nitrogen and oxygen atoms in total. The van der Waals surface area contributed by atoms with E-state index in [1.807, 2.05) is 38.1 Å². The average molecular weight is 623 g/mol. The van der Waals surface area contributed by atoms with Crippen molar-refractivity contribution in [2.75, 3.05) is 45.9 Å². The molecule has 0 bridgehead atoms. The monoisotopic (exact) mass is 622 g/mol. The van der Waals surface area contributed by atoms with Gasteiger partial charge in [0.2, 0.25) is 15.9 Å². The summed E-state index contributed by atoms with van der Waals surface area (Å²) in [5, 5.41) is 7.65. The van der Waals surface area contributed by atoms with Gasteiger partial charge in [0.15, 0.2) is 0 Å². The van der Waals surface area contributed by atoms with Crippen molar-refractivity contribution in [2.24, 2.45) is 22.6 Å². The molecule has 5 rings (SSSR count). The Morgan fingerprint density at radius 2 is 1.86 bits per heavy atom. The van der Waals surface area contributed by atoms with Crippen molar-refractivity contribution in [3.63, 3.8) is 0 Å². The fourth-order valence-electron chi connectivity index (χ4n) is 5.76. The summed E-state index contributed by atoms with van der Waals surface area (Å²) in [4.78, 5) is 36.0. The third kappa shape index (κ3) is 7.20. The summed E-state index contributed by atoms with van der Waals surface area (Å²) in [6, 6.07) is 12.5. The number of rotatable bonds is 11. The minimum absolute atomic E-state index is 0.0334. The summed E-state index contributed by atoms with van der Waals surface area (Å²) in [5.41, 5.74) is 9.57. The molecule has 44 heavy (non-hydrogen) atoms. The Kier molecular flexibility index (Phi) is 10.1. The molecule has 0 aliphatic carbocycles. The number of amides is 2. The van der Waals surface area contributed by atoms with Crippen LogP contribution in [0, 0.1) is 11.8 Å². The van der Waals surface area contributed by atoms with Crippen molar-refractivity contribution in [3.05, 3.63) is 53.6 Å². The SMILES string of the molecule is CCCN(OCC)C(=O)C1=Cc2ccc(-c3cccc(S(=O)(=O)N4CC(CNC(=O)C5CCNCC5)C4)c3)cc2N=C(N)C1. The fourth-order valence-corrected chi connectivity index (χ4v) is 7.40. The average Bonchev–Trinajstić information content (AvgIpc) is 3.17. The molecule has 2 aromatic carbocycles. The number of nitrogens with two attached hydrogens (primary N) is 1. The molecule has 0 unspecified atom stereocenters. The summed E-state index contributed by atoms with van der Waals surface area (Å²) in [6.45, 7) is 7.60. The van der Waals surface area contributed by atoms with Crippen LogP contribution in [0.1, 0.15) is 45.1 Å². The zero-order valence-electron chi connectivity index (χ0n) is 25.4. The van der Waals surface area contributed by atoms with Gasteiger partial charge in [-0.25, -0.2) is 18.5 Å². The lowest BCUT2D eigenvalue weighted by atomic mass is 9.96. The third-order valence-electron chi connectivity index (χ3n) is 8.21. The van der Waals surface area contributed by atoms with Crippen LogP contribution in [-0.2, 0) is 24.4 Å². The molecule has 2 aromatic rings. The number of hydrogen-bond donors (Lipinski definition) is 3. The zero-order chi connectivity index (χ0) is 31.3. The van der Waals surface area contributed by atoms with Crippen LogP contribution < -0.4 is 16.4 Å². The molecule has 236 valence electrons. The Hall–Kier alpha value is -3.58. The predicted octanol–water partition coefficient (Wildman–Crippen LogP) is 3.06. The first kappa shape index (κ1) is 31.8. The molecule has 0 aromatic heterocycles. The van der Waals surface area contributed by atoms with Gasteiger partial charge in [0.1, 0.15) is 5.84 Å². The number of carbonyl (C=O) groups excluding carboxylic acids is 2. The lowest BCUT2D eigenvalue weighted by Crippen LogP contribution is -2.54. The van der Waals surface area contributed by atoms with E-state index in [1.165, 1.54) is 9.37 Å². The van der Waals surface area contributed by atoms with Crippen LogP contribution in [0.5, 0.6) is 0 Å². The Labute approximate surface area is 259 Å². The highest BCUT2D eigenvalue weighted by Gasteiger charge is 2.37. The molecular formula is C32H42N6O5S. The standard InChI is InChI=1S/C32H42N6O5S/c1-3-14-38(43-4-2)32(40)27-15-26-9-8-25(17-29(26)36-30(33)18-27)24-6-5-7-28(16-24)44(41,42)37-20-22(21-37)19-35-31(39)23-10-12-34-13-11-23/h5-9,15-17,22-23,34H,3-4,10-14,18-21H2,1-2H3,(H2,33,36)(H,35,39). The molecule has 3 aliphatic rings. The quantitative estimate of drug-likeness (QED) is 0.327. The number of hydrogen-bond acceptors (Lipinski definition) is 8. The van der Waals surface area contributed by atoms with Gasteiger partial charge in [-0.3, -0.25) is 14.4 Å². The van der Waals surface area contributed by atoms with Crippen LogP contribution in [0.2, 0.25) is 0 Å². The lowest BCUT2D eigenvalue weighted by Gasteiger charge is -2.38. The predicted molar refractivity (Wildman–Crippen MR) is 170 cm³/mol. The normalized spacial score (nSPS) is 18.0.